The second kappa shape index (κ2) is 5.25. The molecule has 0 spiro atoms. The van der Waals surface area contributed by atoms with Crippen molar-refractivity contribution in [1.29, 1.82) is 0 Å². The van der Waals surface area contributed by atoms with Crippen LogP contribution in [0.25, 0.3) is 0 Å². The van der Waals surface area contributed by atoms with Crippen LogP contribution >= 0.6 is 0 Å². The molecule has 0 radical (unpaired) electrons. The molecule has 1 aliphatic rings. The molecular weight excluding hydrogens is 248 g/mol. The van der Waals surface area contributed by atoms with Gasteiger partial charge in [-0.25, -0.2) is 0 Å². The van der Waals surface area contributed by atoms with Crippen molar-refractivity contribution in [3.8, 4) is 5.75 Å². The summed E-state index contributed by atoms with van der Waals surface area (Å²) in [5.74, 6) is 0.978. The fraction of sp³-hybridized carbons (Fsp3) is 0.353. The average molecular weight is 268 g/mol. The molecule has 104 valence electrons. The quantitative estimate of drug-likeness (QED) is 0.910. The van der Waals surface area contributed by atoms with Gasteiger partial charge >= 0.3 is 0 Å². The highest BCUT2D eigenvalue weighted by molar-refractivity contribution is 5.48. The lowest BCUT2D eigenvalue weighted by atomic mass is 9.93. The highest BCUT2D eigenvalue weighted by Gasteiger charge is 2.21. The summed E-state index contributed by atoms with van der Waals surface area (Å²) >= 11 is 0. The maximum atomic E-state index is 6.47. The van der Waals surface area contributed by atoms with Crippen molar-refractivity contribution in [2.45, 2.75) is 32.7 Å². The van der Waals surface area contributed by atoms with Crippen LogP contribution in [0.5, 0.6) is 5.75 Å². The van der Waals surface area contributed by atoms with E-state index in [-0.39, 0.29) is 6.04 Å². The van der Waals surface area contributed by atoms with Crippen molar-refractivity contribution in [2.24, 2.45) is 5.73 Å². The number of pyridine rings is 1. The van der Waals surface area contributed by atoms with Crippen LogP contribution in [0.4, 0.5) is 0 Å². The van der Waals surface area contributed by atoms with E-state index in [1.54, 1.807) is 0 Å². The molecule has 1 aliphatic heterocycles. The molecular formula is C17H20N2O. The fourth-order valence-corrected chi connectivity index (χ4v) is 2.85. The Labute approximate surface area is 119 Å². The number of ether oxygens (including phenoxy) is 1. The zero-order valence-corrected chi connectivity index (χ0v) is 12.0. The number of rotatable bonds is 2. The van der Waals surface area contributed by atoms with Crippen LogP contribution in [0, 0.1) is 13.8 Å². The normalized spacial score (nSPS) is 15.3. The molecule has 0 saturated heterocycles. The van der Waals surface area contributed by atoms with Crippen LogP contribution in [0.3, 0.4) is 0 Å². The molecule has 20 heavy (non-hydrogen) atoms. The first kappa shape index (κ1) is 13.1. The van der Waals surface area contributed by atoms with E-state index in [4.69, 9.17) is 10.5 Å². The molecule has 0 amide bonds. The van der Waals surface area contributed by atoms with Gasteiger partial charge in [0, 0.05) is 17.0 Å². The fourth-order valence-electron chi connectivity index (χ4n) is 2.85. The van der Waals surface area contributed by atoms with Gasteiger partial charge in [0.05, 0.1) is 12.6 Å². The topological polar surface area (TPSA) is 48.1 Å². The lowest BCUT2D eigenvalue weighted by molar-refractivity contribution is 0.284. The number of para-hydroxylation sites is 1. The molecule has 2 heterocycles. The summed E-state index contributed by atoms with van der Waals surface area (Å²) in [7, 11) is 0. The van der Waals surface area contributed by atoms with Crippen molar-refractivity contribution in [2.75, 3.05) is 6.61 Å². The minimum Gasteiger partial charge on any atom is -0.493 e. The van der Waals surface area contributed by atoms with Gasteiger partial charge in [-0.15, -0.1) is 0 Å². The Bertz CT molecular complexity index is 637. The van der Waals surface area contributed by atoms with Crippen molar-refractivity contribution in [1.82, 2.24) is 4.98 Å². The van der Waals surface area contributed by atoms with E-state index in [1.165, 1.54) is 5.56 Å². The Morgan fingerprint density at radius 3 is 2.80 bits per heavy atom. The Morgan fingerprint density at radius 2 is 2.00 bits per heavy atom. The maximum absolute atomic E-state index is 6.47. The van der Waals surface area contributed by atoms with E-state index in [9.17, 15) is 0 Å². The third-order valence-electron chi connectivity index (χ3n) is 3.90. The first-order chi connectivity index (χ1) is 9.66. The second-order valence-corrected chi connectivity index (χ2v) is 5.39. The zero-order chi connectivity index (χ0) is 14.1. The van der Waals surface area contributed by atoms with Crippen LogP contribution in [0.2, 0.25) is 0 Å². The molecule has 1 atom stereocenters. The third kappa shape index (κ3) is 2.29. The molecule has 0 aliphatic carbocycles. The van der Waals surface area contributed by atoms with Crippen LogP contribution in [-0.4, -0.2) is 11.6 Å². The van der Waals surface area contributed by atoms with E-state index in [0.29, 0.717) is 0 Å². The van der Waals surface area contributed by atoms with Gasteiger partial charge in [-0.3, -0.25) is 4.98 Å². The third-order valence-corrected chi connectivity index (χ3v) is 3.90. The Morgan fingerprint density at radius 1 is 1.15 bits per heavy atom. The Hall–Kier alpha value is -1.87. The van der Waals surface area contributed by atoms with Gasteiger partial charge in [-0.05, 0) is 43.9 Å². The molecule has 3 nitrogen and oxygen atoms in total. The summed E-state index contributed by atoms with van der Waals surface area (Å²) < 4.78 is 5.86. The SMILES string of the molecule is Cc1ccc(C(N)c2cccc3c2OCCC3)c(C)n1. The minimum absolute atomic E-state index is 0.184. The van der Waals surface area contributed by atoms with Crippen molar-refractivity contribution in [3.05, 3.63) is 58.4 Å². The second-order valence-electron chi connectivity index (χ2n) is 5.39. The number of hydrogen-bond donors (Lipinski definition) is 1. The summed E-state index contributed by atoms with van der Waals surface area (Å²) in [5.41, 5.74) is 11.9. The Kier molecular flexibility index (Phi) is 3.45. The van der Waals surface area contributed by atoms with E-state index >= 15 is 0 Å². The highest BCUT2D eigenvalue weighted by atomic mass is 16.5. The van der Waals surface area contributed by atoms with E-state index in [0.717, 1.165) is 47.7 Å². The number of hydrogen-bond acceptors (Lipinski definition) is 3. The van der Waals surface area contributed by atoms with Crippen LogP contribution in [0.15, 0.2) is 30.3 Å². The van der Waals surface area contributed by atoms with Gasteiger partial charge in [0.1, 0.15) is 5.75 Å². The molecule has 1 unspecified atom stereocenters. The van der Waals surface area contributed by atoms with Gasteiger partial charge in [0.2, 0.25) is 0 Å². The molecule has 3 rings (SSSR count). The summed E-state index contributed by atoms with van der Waals surface area (Å²) in [6.45, 7) is 4.79. The smallest absolute Gasteiger partial charge is 0.127 e. The van der Waals surface area contributed by atoms with E-state index in [2.05, 4.69) is 29.2 Å². The minimum atomic E-state index is -0.184. The van der Waals surface area contributed by atoms with Crippen molar-refractivity contribution < 1.29 is 4.74 Å². The first-order valence-electron chi connectivity index (χ1n) is 7.11. The summed E-state index contributed by atoms with van der Waals surface area (Å²) in [4.78, 5) is 4.51. The maximum Gasteiger partial charge on any atom is 0.127 e. The first-order valence-corrected chi connectivity index (χ1v) is 7.11. The van der Waals surface area contributed by atoms with Crippen LogP contribution < -0.4 is 10.5 Å². The monoisotopic (exact) mass is 268 g/mol. The van der Waals surface area contributed by atoms with Gasteiger partial charge in [0.25, 0.3) is 0 Å². The predicted molar refractivity (Wildman–Crippen MR) is 80.0 cm³/mol. The van der Waals surface area contributed by atoms with Gasteiger partial charge < -0.3 is 10.5 Å². The summed E-state index contributed by atoms with van der Waals surface area (Å²) in [6, 6.07) is 10.2. The Balaban J connectivity index is 2.04. The average Bonchev–Trinajstić information content (AvgIpc) is 2.46. The molecule has 2 aromatic rings. The molecule has 0 saturated carbocycles. The van der Waals surface area contributed by atoms with Crippen molar-refractivity contribution in [3.63, 3.8) is 0 Å². The van der Waals surface area contributed by atoms with Gasteiger partial charge in [-0.1, -0.05) is 24.3 Å². The highest BCUT2D eigenvalue weighted by Crippen LogP contribution is 2.35. The number of fused-ring (bicyclic) bond motifs is 1. The molecule has 3 heteroatoms. The van der Waals surface area contributed by atoms with E-state index in [1.807, 2.05) is 19.9 Å². The number of aromatic nitrogens is 1. The standard InChI is InChI=1S/C17H20N2O/c1-11-8-9-14(12(2)19-11)16(18)15-7-3-5-13-6-4-10-20-17(13)15/h3,5,7-9,16H,4,6,10,18H2,1-2H3. The van der Waals surface area contributed by atoms with Crippen molar-refractivity contribution >= 4 is 0 Å². The summed E-state index contributed by atoms with van der Waals surface area (Å²) in [6.07, 6.45) is 2.15. The molecule has 1 aromatic heterocycles. The zero-order valence-electron chi connectivity index (χ0n) is 12.0. The van der Waals surface area contributed by atoms with Crippen LogP contribution in [0.1, 0.15) is 40.5 Å². The lowest BCUT2D eigenvalue weighted by Crippen LogP contribution is -2.18. The van der Waals surface area contributed by atoms with Gasteiger partial charge in [0.15, 0.2) is 0 Å². The number of benzene rings is 1. The number of nitrogens with zero attached hydrogens (tertiary/aromatic N) is 1. The van der Waals surface area contributed by atoms with E-state index < -0.39 is 0 Å². The molecule has 0 fully saturated rings. The molecule has 1 aromatic carbocycles. The number of nitrogens with two attached hydrogens (primary N) is 1. The van der Waals surface area contributed by atoms with Gasteiger partial charge in [-0.2, -0.15) is 0 Å². The lowest BCUT2D eigenvalue weighted by Gasteiger charge is -2.24. The summed E-state index contributed by atoms with van der Waals surface area (Å²) in [5, 5.41) is 0. The molecule has 2 N–H and O–H groups in total. The molecule has 0 bridgehead atoms. The predicted octanol–water partition coefficient (Wildman–Crippen LogP) is 3.07. The number of aryl methyl sites for hydroxylation is 3. The largest absolute Gasteiger partial charge is 0.493 e. The van der Waals surface area contributed by atoms with Crippen LogP contribution in [-0.2, 0) is 6.42 Å².